The van der Waals surface area contributed by atoms with Crippen LogP contribution in [0, 0.1) is 18.3 Å². The van der Waals surface area contributed by atoms with E-state index in [-0.39, 0.29) is 5.78 Å². The number of halogens is 1. The number of pyridine rings is 1. The first kappa shape index (κ1) is 15.7. The van der Waals surface area contributed by atoms with E-state index in [0.29, 0.717) is 27.6 Å². The Hall–Kier alpha value is -1.64. The topological polar surface area (TPSA) is 53.8 Å². The van der Waals surface area contributed by atoms with E-state index in [9.17, 15) is 10.1 Å². The molecule has 0 aliphatic heterocycles. The van der Waals surface area contributed by atoms with Gasteiger partial charge in [0.25, 0.3) is 0 Å². The maximum Gasteiger partial charge on any atom is 0.161 e. The summed E-state index contributed by atoms with van der Waals surface area (Å²) in [5.41, 5.74) is 2.76. The number of aromatic nitrogens is 1. The van der Waals surface area contributed by atoms with Crippen LogP contribution in [0.25, 0.3) is 0 Å². The number of nitrogens with zero attached hydrogens (tertiary/aromatic N) is 2. The van der Waals surface area contributed by atoms with Crippen molar-refractivity contribution in [2.75, 3.05) is 0 Å². The monoisotopic (exact) mass is 360 g/mol. The second-order valence-corrected chi connectivity index (χ2v) is 6.34. The average molecular weight is 361 g/mol. The molecule has 0 aliphatic carbocycles. The van der Waals surface area contributed by atoms with Crippen molar-refractivity contribution in [1.29, 1.82) is 5.26 Å². The Balaban J connectivity index is 2.29. The van der Waals surface area contributed by atoms with Crippen LogP contribution in [0.5, 0.6) is 0 Å². The third kappa shape index (κ3) is 3.72. The number of benzene rings is 1. The lowest BCUT2D eigenvalue weighted by Crippen LogP contribution is -2.02. The summed E-state index contributed by atoms with van der Waals surface area (Å²) in [6, 6.07) is 11.7. The van der Waals surface area contributed by atoms with Gasteiger partial charge in [-0.15, -0.1) is 11.8 Å². The molecule has 0 fully saturated rings. The van der Waals surface area contributed by atoms with E-state index in [2.05, 4.69) is 27.0 Å². The largest absolute Gasteiger partial charge is 0.294 e. The van der Waals surface area contributed by atoms with Gasteiger partial charge in [0.05, 0.1) is 5.56 Å². The van der Waals surface area contributed by atoms with Crippen LogP contribution in [0.3, 0.4) is 0 Å². The summed E-state index contributed by atoms with van der Waals surface area (Å²) in [5.74, 6) is 0.640. The maximum atomic E-state index is 11.5. The fraction of sp³-hybridized carbons (Fsp3) is 0.188. The van der Waals surface area contributed by atoms with E-state index >= 15 is 0 Å². The number of hydrogen-bond donors (Lipinski definition) is 0. The minimum absolute atomic E-state index is 0.0705. The normalized spacial score (nSPS) is 10.2. The Morgan fingerprint density at radius 2 is 2.14 bits per heavy atom. The van der Waals surface area contributed by atoms with E-state index in [0.717, 1.165) is 10.0 Å². The molecule has 0 N–H and O–H groups in total. The second kappa shape index (κ2) is 6.88. The van der Waals surface area contributed by atoms with Gasteiger partial charge >= 0.3 is 0 Å². The average Bonchev–Trinajstić information content (AvgIpc) is 2.46. The van der Waals surface area contributed by atoms with E-state index in [1.807, 2.05) is 24.3 Å². The molecular formula is C16H13BrN2OS. The van der Waals surface area contributed by atoms with Crippen LogP contribution in [-0.4, -0.2) is 10.8 Å². The molecule has 1 heterocycles. The molecule has 2 aromatic rings. The highest BCUT2D eigenvalue weighted by Gasteiger charge is 2.13. The maximum absolute atomic E-state index is 11.5. The smallest absolute Gasteiger partial charge is 0.161 e. The Labute approximate surface area is 136 Å². The summed E-state index contributed by atoms with van der Waals surface area (Å²) in [6.45, 7) is 3.28. The van der Waals surface area contributed by atoms with Gasteiger partial charge in [0, 0.05) is 21.5 Å². The third-order valence-electron chi connectivity index (χ3n) is 3.00. The predicted molar refractivity (Wildman–Crippen MR) is 87.4 cm³/mol. The summed E-state index contributed by atoms with van der Waals surface area (Å²) < 4.78 is 1.04. The number of thioether (sulfide) groups is 1. The van der Waals surface area contributed by atoms with Gasteiger partial charge in [0.1, 0.15) is 11.1 Å². The zero-order valence-electron chi connectivity index (χ0n) is 11.7. The SMILES string of the molecule is CC(=O)c1cc(C#N)c(SCc2ccccc2Br)nc1C. The summed E-state index contributed by atoms with van der Waals surface area (Å²) >= 11 is 5.01. The van der Waals surface area contributed by atoms with Crippen molar-refractivity contribution >= 4 is 33.5 Å². The predicted octanol–water partition coefficient (Wildman–Crippen LogP) is 4.52. The van der Waals surface area contributed by atoms with Crippen molar-refractivity contribution in [3.8, 4) is 6.07 Å². The standard InChI is InChI=1S/C16H13BrN2OS/c1-10-14(11(2)20)7-13(8-18)16(19-10)21-9-12-5-3-4-6-15(12)17/h3-7H,9H2,1-2H3. The summed E-state index contributed by atoms with van der Waals surface area (Å²) in [5, 5.41) is 9.91. The first-order valence-corrected chi connectivity index (χ1v) is 8.09. The van der Waals surface area contributed by atoms with Gasteiger partial charge in [-0.25, -0.2) is 4.98 Å². The van der Waals surface area contributed by atoms with Crippen LogP contribution in [-0.2, 0) is 5.75 Å². The van der Waals surface area contributed by atoms with E-state index in [1.54, 1.807) is 13.0 Å². The van der Waals surface area contributed by atoms with Crippen molar-refractivity contribution < 1.29 is 4.79 Å². The van der Waals surface area contributed by atoms with Crippen molar-refractivity contribution in [1.82, 2.24) is 4.98 Å². The molecule has 2 rings (SSSR count). The number of aryl methyl sites for hydroxylation is 1. The highest BCUT2D eigenvalue weighted by atomic mass is 79.9. The van der Waals surface area contributed by atoms with E-state index < -0.39 is 0 Å². The molecule has 106 valence electrons. The number of Topliss-reactive ketones (excluding diaryl/α,β-unsaturated/α-hetero) is 1. The lowest BCUT2D eigenvalue weighted by molar-refractivity contribution is 0.101. The molecule has 3 nitrogen and oxygen atoms in total. The molecule has 0 unspecified atom stereocenters. The van der Waals surface area contributed by atoms with Gasteiger partial charge in [-0.05, 0) is 31.5 Å². The Bertz CT molecular complexity index is 738. The van der Waals surface area contributed by atoms with Gasteiger partial charge in [-0.1, -0.05) is 34.1 Å². The molecule has 0 spiro atoms. The van der Waals surface area contributed by atoms with Gasteiger partial charge in [-0.3, -0.25) is 4.79 Å². The second-order valence-electron chi connectivity index (χ2n) is 4.52. The first-order chi connectivity index (χ1) is 10.0. The molecular weight excluding hydrogens is 348 g/mol. The van der Waals surface area contributed by atoms with Crippen molar-refractivity contribution in [3.63, 3.8) is 0 Å². The molecule has 0 atom stereocenters. The highest BCUT2D eigenvalue weighted by Crippen LogP contribution is 2.28. The van der Waals surface area contributed by atoms with Crippen LogP contribution in [0.2, 0.25) is 0 Å². The van der Waals surface area contributed by atoms with E-state index in [1.165, 1.54) is 18.7 Å². The molecule has 5 heteroatoms. The highest BCUT2D eigenvalue weighted by molar-refractivity contribution is 9.10. The molecule has 0 radical (unpaired) electrons. The molecule has 1 aromatic heterocycles. The minimum atomic E-state index is -0.0705. The molecule has 21 heavy (non-hydrogen) atoms. The number of carbonyl (C=O) groups excluding carboxylic acids is 1. The first-order valence-electron chi connectivity index (χ1n) is 6.31. The fourth-order valence-corrected chi connectivity index (χ4v) is 3.51. The van der Waals surface area contributed by atoms with Crippen LogP contribution >= 0.6 is 27.7 Å². The quantitative estimate of drug-likeness (QED) is 0.594. The Kier molecular flexibility index (Phi) is 5.16. The number of hydrogen-bond acceptors (Lipinski definition) is 4. The number of carbonyl (C=O) groups is 1. The van der Waals surface area contributed by atoms with Crippen molar-refractivity contribution in [2.24, 2.45) is 0 Å². The number of rotatable bonds is 4. The van der Waals surface area contributed by atoms with Crippen molar-refractivity contribution in [2.45, 2.75) is 24.6 Å². The Morgan fingerprint density at radius 1 is 1.43 bits per heavy atom. The summed E-state index contributed by atoms with van der Waals surface area (Å²) in [4.78, 5) is 15.9. The zero-order valence-corrected chi connectivity index (χ0v) is 14.1. The van der Waals surface area contributed by atoms with Crippen LogP contribution < -0.4 is 0 Å². The van der Waals surface area contributed by atoms with Crippen LogP contribution in [0.1, 0.15) is 34.1 Å². The molecule has 1 aromatic carbocycles. The van der Waals surface area contributed by atoms with Gasteiger partial charge in [-0.2, -0.15) is 5.26 Å². The molecule has 0 amide bonds. The number of nitriles is 1. The number of ketones is 1. The van der Waals surface area contributed by atoms with Crippen LogP contribution in [0.4, 0.5) is 0 Å². The van der Waals surface area contributed by atoms with Gasteiger partial charge in [0.2, 0.25) is 0 Å². The third-order valence-corrected chi connectivity index (χ3v) is 4.81. The molecule has 0 saturated carbocycles. The molecule has 0 bridgehead atoms. The molecule has 0 saturated heterocycles. The van der Waals surface area contributed by atoms with Crippen molar-refractivity contribution in [3.05, 3.63) is 57.2 Å². The lowest BCUT2D eigenvalue weighted by atomic mass is 10.1. The molecule has 0 aliphatic rings. The zero-order chi connectivity index (χ0) is 15.4. The summed E-state index contributed by atoms with van der Waals surface area (Å²) in [6.07, 6.45) is 0. The lowest BCUT2D eigenvalue weighted by Gasteiger charge is -2.08. The minimum Gasteiger partial charge on any atom is -0.294 e. The van der Waals surface area contributed by atoms with Gasteiger partial charge < -0.3 is 0 Å². The fourth-order valence-electron chi connectivity index (χ4n) is 1.89. The van der Waals surface area contributed by atoms with Crippen LogP contribution in [0.15, 0.2) is 39.8 Å². The Morgan fingerprint density at radius 3 is 2.76 bits per heavy atom. The van der Waals surface area contributed by atoms with E-state index in [4.69, 9.17) is 0 Å². The summed E-state index contributed by atoms with van der Waals surface area (Å²) in [7, 11) is 0. The van der Waals surface area contributed by atoms with Gasteiger partial charge in [0.15, 0.2) is 5.78 Å².